The quantitative estimate of drug-likeness (QED) is 0.500. The summed E-state index contributed by atoms with van der Waals surface area (Å²) < 4.78 is 27.5. The van der Waals surface area contributed by atoms with Crippen molar-refractivity contribution >= 4 is 44.9 Å². The molecule has 1 heterocycles. The number of esters is 1. The Hall–Kier alpha value is -2.04. The van der Waals surface area contributed by atoms with Crippen molar-refractivity contribution in [1.82, 2.24) is 5.32 Å². The molecule has 8 nitrogen and oxygen atoms in total. The Kier molecular flexibility index (Phi) is 6.32. The molecule has 26 heavy (non-hydrogen) atoms. The first-order valence-electron chi connectivity index (χ1n) is 8.01. The number of benzene rings is 1. The minimum absolute atomic E-state index is 0.0238. The van der Waals surface area contributed by atoms with E-state index < -0.39 is 15.9 Å². The van der Waals surface area contributed by atoms with Crippen LogP contribution in [0, 0.1) is 11.8 Å². The SMILES string of the molecule is C[C@@H]1C[C@@H](C[C@@H](C)C(=O)NC(=S)Nc2ccc(S(N)(=O)=O)cc2)C(=O)O1. The van der Waals surface area contributed by atoms with Gasteiger partial charge >= 0.3 is 5.97 Å². The summed E-state index contributed by atoms with van der Waals surface area (Å²) in [5, 5.41) is 10.5. The van der Waals surface area contributed by atoms with E-state index in [-0.39, 0.29) is 33.9 Å². The molecule has 1 aromatic carbocycles. The van der Waals surface area contributed by atoms with E-state index in [2.05, 4.69) is 10.6 Å². The van der Waals surface area contributed by atoms with E-state index in [4.69, 9.17) is 22.1 Å². The number of carbonyl (C=O) groups excluding carboxylic acids is 2. The van der Waals surface area contributed by atoms with Crippen LogP contribution >= 0.6 is 12.2 Å². The maximum atomic E-state index is 12.2. The van der Waals surface area contributed by atoms with Crippen LogP contribution in [0.3, 0.4) is 0 Å². The maximum absolute atomic E-state index is 12.2. The first-order valence-corrected chi connectivity index (χ1v) is 9.97. The standard InChI is InChI=1S/C16H21N3O5S2/c1-9(7-11-8-10(2)24-15(11)21)14(20)19-16(25)18-12-3-5-13(6-4-12)26(17,22)23/h3-6,9-11H,7-8H2,1-2H3,(H2,17,22,23)(H2,18,19,20,25)/t9-,10-,11-/m1/s1. The van der Waals surface area contributed by atoms with Gasteiger partial charge in [0.05, 0.1) is 16.9 Å². The first kappa shape index (κ1) is 20.3. The molecule has 1 aromatic rings. The summed E-state index contributed by atoms with van der Waals surface area (Å²) in [4.78, 5) is 23.9. The van der Waals surface area contributed by atoms with Crippen molar-refractivity contribution in [2.24, 2.45) is 17.0 Å². The van der Waals surface area contributed by atoms with Crippen LogP contribution in [0.2, 0.25) is 0 Å². The number of primary sulfonamides is 1. The zero-order valence-corrected chi connectivity index (χ0v) is 16.0. The zero-order chi connectivity index (χ0) is 19.5. The van der Waals surface area contributed by atoms with Crippen LogP contribution < -0.4 is 15.8 Å². The van der Waals surface area contributed by atoms with Gasteiger partial charge in [0.1, 0.15) is 0 Å². The van der Waals surface area contributed by atoms with E-state index in [0.29, 0.717) is 18.5 Å². The highest BCUT2D eigenvalue weighted by Crippen LogP contribution is 2.26. The number of carbonyl (C=O) groups is 2. The predicted molar refractivity (Wildman–Crippen MR) is 99.6 cm³/mol. The lowest BCUT2D eigenvalue weighted by Gasteiger charge is -2.15. The molecular formula is C16H21N3O5S2. The molecule has 142 valence electrons. The number of hydrogen-bond acceptors (Lipinski definition) is 6. The van der Waals surface area contributed by atoms with Gasteiger partial charge in [-0.1, -0.05) is 6.92 Å². The van der Waals surface area contributed by atoms with Gasteiger partial charge in [-0.3, -0.25) is 9.59 Å². The van der Waals surface area contributed by atoms with E-state index >= 15 is 0 Å². The molecule has 0 radical (unpaired) electrons. The number of ether oxygens (including phenoxy) is 1. The van der Waals surface area contributed by atoms with Crippen molar-refractivity contribution in [1.29, 1.82) is 0 Å². The molecule has 0 aliphatic carbocycles. The molecule has 2 rings (SSSR count). The van der Waals surface area contributed by atoms with Crippen LogP contribution in [0.5, 0.6) is 0 Å². The van der Waals surface area contributed by atoms with Gasteiger partial charge in [-0.05, 0) is 56.2 Å². The van der Waals surface area contributed by atoms with E-state index in [0.717, 1.165) is 0 Å². The Bertz CT molecular complexity index is 808. The van der Waals surface area contributed by atoms with Gasteiger partial charge in [0.25, 0.3) is 0 Å². The van der Waals surface area contributed by atoms with Gasteiger partial charge in [0, 0.05) is 11.6 Å². The van der Waals surface area contributed by atoms with Crippen molar-refractivity contribution in [3.05, 3.63) is 24.3 Å². The summed E-state index contributed by atoms with van der Waals surface area (Å²) in [5.74, 6) is -1.27. The Morgan fingerprint density at radius 1 is 1.38 bits per heavy atom. The van der Waals surface area contributed by atoms with E-state index in [1.807, 2.05) is 6.92 Å². The molecule has 0 aromatic heterocycles. The molecule has 10 heteroatoms. The number of hydrogen-bond donors (Lipinski definition) is 3. The fourth-order valence-corrected chi connectivity index (χ4v) is 3.43. The number of anilines is 1. The van der Waals surface area contributed by atoms with Crippen molar-refractivity contribution in [3.63, 3.8) is 0 Å². The Balaban J connectivity index is 1.86. The zero-order valence-electron chi connectivity index (χ0n) is 14.4. The third-order valence-corrected chi connectivity index (χ3v) is 5.16. The molecule has 3 atom stereocenters. The summed E-state index contributed by atoms with van der Waals surface area (Å²) in [5.41, 5.74) is 0.503. The smallest absolute Gasteiger partial charge is 0.309 e. The Morgan fingerprint density at radius 2 is 2.00 bits per heavy atom. The Labute approximate surface area is 157 Å². The minimum Gasteiger partial charge on any atom is -0.462 e. The van der Waals surface area contributed by atoms with Gasteiger partial charge in [-0.15, -0.1) is 0 Å². The van der Waals surface area contributed by atoms with E-state index in [9.17, 15) is 18.0 Å². The summed E-state index contributed by atoms with van der Waals surface area (Å²) in [6, 6.07) is 5.63. The molecule has 4 N–H and O–H groups in total. The summed E-state index contributed by atoms with van der Waals surface area (Å²) in [6.45, 7) is 3.54. The average molecular weight is 399 g/mol. The lowest BCUT2D eigenvalue weighted by molar-refractivity contribution is -0.144. The second-order valence-corrected chi connectivity index (χ2v) is 8.30. The number of rotatable bonds is 5. The number of nitrogens with one attached hydrogen (secondary N) is 2. The van der Waals surface area contributed by atoms with Crippen molar-refractivity contribution in [2.45, 2.75) is 37.7 Å². The fourth-order valence-electron chi connectivity index (χ4n) is 2.69. The highest BCUT2D eigenvalue weighted by Gasteiger charge is 2.34. The highest BCUT2D eigenvalue weighted by molar-refractivity contribution is 7.89. The minimum atomic E-state index is -3.77. The number of cyclic esters (lactones) is 1. The molecular weight excluding hydrogens is 378 g/mol. The third-order valence-electron chi connectivity index (χ3n) is 4.03. The van der Waals surface area contributed by atoms with Gasteiger partial charge < -0.3 is 15.4 Å². The number of thiocarbonyl (C=S) groups is 1. The van der Waals surface area contributed by atoms with Gasteiger partial charge in [-0.25, -0.2) is 13.6 Å². The Morgan fingerprint density at radius 3 is 2.50 bits per heavy atom. The molecule has 0 bridgehead atoms. The second kappa shape index (κ2) is 8.11. The van der Waals surface area contributed by atoms with Crippen LogP contribution in [0.4, 0.5) is 5.69 Å². The van der Waals surface area contributed by atoms with Gasteiger partial charge in [-0.2, -0.15) is 0 Å². The van der Waals surface area contributed by atoms with Gasteiger partial charge in [0.2, 0.25) is 15.9 Å². The lowest BCUT2D eigenvalue weighted by atomic mass is 9.93. The van der Waals surface area contributed by atoms with E-state index in [1.54, 1.807) is 6.92 Å². The molecule has 0 spiro atoms. The number of amides is 1. The molecule has 1 aliphatic heterocycles. The van der Waals surface area contributed by atoms with Crippen molar-refractivity contribution in [2.75, 3.05) is 5.32 Å². The maximum Gasteiger partial charge on any atom is 0.309 e. The first-order chi connectivity index (χ1) is 12.1. The van der Waals surface area contributed by atoms with Crippen LogP contribution in [0.25, 0.3) is 0 Å². The van der Waals surface area contributed by atoms with Gasteiger partial charge in [0.15, 0.2) is 5.11 Å². The van der Waals surface area contributed by atoms with Crippen LogP contribution in [-0.2, 0) is 24.3 Å². The van der Waals surface area contributed by atoms with Crippen molar-refractivity contribution < 1.29 is 22.7 Å². The van der Waals surface area contributed by atoms with Crippen LogP contribution in [-0.4, -0.2) is 31.5 Å². The fraction of sp³-hybridized carbons (Fsp3) is 0.438. The van der Waals surface area contributed by atoms with Crippen molar-refractivity contribution in [3.8, 4) is 0 Å². The average Bonchev–Trinajstić information content (AvgIpc) is 2.84. The second-order valence-electron chi connectivity index (χ2n) is 6.33. The van der Waals surface area contributed by atoms with Crippen LogP contribution in [0.1, 0.15) is 26.7 Å². The molecule has 0 saturated carbocycles. The predicted octanol–water partition coefficient (Wildman–Crippen LogP) is 1.12. The summed E-state index contributed by atoms with van der Waals surface area (Å²) in [6.07, 6.45) is 0.877. The third kappa shape index (κ3) is 5.48. The van der Waals surface area contributed by atoms with E-state index in [1.165, 1.54) is 24.3 Å². The largest absolute Gasteiger partial charge is 0.462 e. The summed E-state index contributed by atoms with van der Waals surface area (Å²) in [7, 11) is -3.77. The normalized spacial score (nSPS) is 21.0. The molecule has 0 unspecified atom stereocenters. The molecule has 1 fully saturated rings. The molecule has 1 amide bonds. The lowest BCUT2D eigenvalue weighted by Crippen LogP contribution is -2.38. The molecule has 1 saturated heterocycles. The topological polar surface area (TPSA) is 128 Å². The number of sulfonamides is 1. The monoisotopic (exact) mass is 399 g/mol. The number of nitrogens with two attached hydrogens (primary N) is 1. The molecule has 1 aliphatic rings. The highest BCUT2D eigenvalue weighted by atomic mass is 32.2. The van der Waals surface area contributed by atoms with Crippen LogP contribution in [0.15, 0.2) is 29.2 Å². The summed E-state index contributed by atoms with van der Waals surface area (Å²) >= 11 is 5.08.